The average Bonchev–Trinajstić information content (AvgIpc) is 3.86. The SMILES string of the molecule is O=P(c1ccccc1)(c1ccc2c(c1)C(c1ccccc1)(c1ccccc1)C1=CC(c3ccc4c(c3)c3ccccc3n3c5ccccc5nc43)=CCC12)C1C=CC=CC1. The third-order valence-electron chi connectivity index (χ3n) is 13.5. The minimum absolute atomic E-state index is 0.118. The molecule has 3 atom stereocenters. The van der Waals surface area contributed by atoms with Crippen LogP contribution in [-0.4, -0.2) is 15.0 Å². The summed E-state index contributed by atoms with van der Waals surface area (Å²) in [5, 5.41) is 5.38. The van der Waals surface area contributed by atoms with E-state index >= 15 is 4.57 Å². The molecule has 0 aliphatic heterocycles. The van der Waals surface area contributed by atoms with Crippen LogP contribution in [0.2, 0.25) is 0 Å². The van der Waals surface area contributed by atoms with Gasteiger partial charge in [-0.05, 0) is 93.6 Å². The molecule has 2 heterocycles. The lowest BCUT2D eigenvalue weighted by Gasteiger charge is -2.37. The second-order valence-electron chi connectivity index (χ2n) is 16.4. The Balaban J connectivity index is 1.09. The first-order valence-corrected chi connectivity index (χ1v) is 22.8. The number of rotatable bonds is 6. The van der Waals surface area contributed by atoms with Gasteiger partial charge < -0.3 is 4.57 Å². The molecule has 0 bridgehead atoms. The Labute approximate surface area is 349 Å². The first-order chi connectivity index (χ1) is 29.6. The van der Waals surface area contributed by atoms with Crippen molar-refractivity contribution in [2.75, 3.05) is 0 Å². The highest BCUT2D eigenvalue weighted by molar-refractivity contribution is 7.79. The Kier molecular flexibility index (Phi) is 7.99. The molecule has 0 fully saturated rings. The van der Waals surface area contributed by atoms with Crippen LogP contribution in [0.1, 0.15) is 46.6 Å². The van der Waals surface area contributed by atoms with Crippen LogP contribution >= 0.6 is 7.14 Å². The van der Waals surface area contributed by atoms with Gasteiger partial charge in [-0.25, -0.2) is 4.98 Å². The van der Waals surface area contributed by atoms with Gasteiger partial charge in [0, 0.05) is 33.0 Å². The zero-order valence-corrected chi connectivity index (χ0v) is 33.9. The van der Waals surface area contributed by atoms with Crippen molar-refractivity contribution in [1.29, 1.82) is 0 Å². The van der Waals surface area contributed by atoms with Gasteiger partial charge >= 0.3 is 0 Å². The summed E-state index contributed by atoms with van der Waals surface area (Å²) in [5.41, 5.74) is 12.3. The minimum Gasteiger partial charge on any atom is -0.313 e. The number of allylic oxidation sites excluding steroid dienone is 8. The number of fused-ring (bicyclic) bond motifs is 11. The Morgan fingerprint density at radius 3 is 2.05 bits per heavy atom. The van der Waals surface area contributed by atoms with E-state index in [4.69, 9.17) is 4.98 Å². The monoisotopic (exact) mass is 788 g/mol. The molecule has 0 spiro atoms. The Morgan fingerprint density at radius 2 is 1.30 bits per heavy atom. The first-order valence-electron chi connectivity index (χ1n) is 21.0. The lowest BCUT2D eigenvalue weighted by Crippen LogP contribution is -2.31. The second-order valence-corrected chi connectivity index (χ2v) is 19.5. The fourth-order valence-electron chi connectivity index (χ4n) is 10.8. The molecule has 2 aromatic heterocycles. The Hall–Kier alpha value is -6.80. The number of nitrogens with zero attached hydrogens (tertiary/aromatic N) is 2. The van der Waals surface area contributed by atoms with Crippen molar-refractivity contribution in [2.24, 2.45) is 0 Å². The molecule has 9 aromatic rings. The maximum absolute atomic E-state index is 16.0. The van der Waals surface area contributed by atoms with E-state index in [0.717, 1.165) is 51.0 Å². The van der Waals surface area contributed by atoms with Crippen molar-refractivity contribution >= 4 is 61.7 Å². The van der Waals surface area contributed by atoms with Gasteiger partial charge in [-0.2, -0.15) is 0 Å². The van der Waals surface area contributed by atoms with Crippen molar-refractivity contribution in [2.45, 2.75) is 29.8 Å². The summed E-state index contributed by atoms with van der Waals surface area (Å²) in [6.07, 6.45) is 15.0. The summed E-state index contributed by atoms with van der Waals surface area (Å²) < 4.78 is 18.3. The van der Waals surface area contributed by atoms with Crippen molar-refractivity contribution < 1.29 is 4.57 Å². The van der Waals surface area contributed by atoms with Crippen LogP contribution in [0, 0.1) is 0 Å². The van der Waals surface area contributed by atoms with E-state index in [1.165, 1.54) is 49.7 Å². The molecule has 3 nitrogen and oxygen atoms in total. The van der Waals surface area contributed by atoms with Crippen LogP contribution in [0.25, 0.3) is 43.9 Å². The number of hydrogen-bond acceptors (Lipinski definition) is 2. The summed E-state index contributed by atoms with van der Waals surface area (Å²) in [5.74, 6) is 0.157. The van der Waals surface area contributed by atoms with E-state index < -0.39 is 12.6 Å². The van der Waals surface area contributed by atoms with Gasteiger partial charge in [0.1, 0.15) is 12.8 Å². The molecular weight excluding hydrogens is 748 g/mol. The molecule has 12 rings (SSSR count). The summed E-state index contributed by atoms with van der Waals surface area (Å²) in [6.45, 7) is 0. The van der Waals surface area contributed by atoms with E-state index in [1.54, 1.807) is 0 Å². The number of para-hydroxylation sites is 3. The van der Waals surface area contributed by atoms with E-state index in [0.29, 0.717) is 0 Å². The van der Waals surface area contributed by atoms with Crippen LogP contribution < -0.4 is 10.6 Å². The predicted octanol–water partition coefficient (Wildman–Crippen LogP) is 12.8. The molecule has 3 aliphatic rings. The van der Waals surface area contributed by atoms with Crippen LogP contribution in [0.15, 0.2) is 218 Å². The molecule has 0 amide bonds. The van der Waals surface area contributed by atoms with Gasteiger partial charge in [0.05, 0.1) is 22.0 Å². The standard InChI is InChI=1S/C56H41N2OP/c59-60(42-21-9-3-10-22-42,43-23-11-4-12-24-43)44-31-34-46-45-32-29-39(36-50(45)56(51(46)37-44,40-17-5-1-6-18-40)41-19-7-2-8-20-41)38-30-33-48-49(35-38)47-25-13-15-27-53(47)58-54-28-16-14-26-52(54)57-55(48)58/h1-23,25-31,33-37,43,45H,24,32H2. The van der Waals surface area contributed by atoms with Crippen LogP contribution in [0.5, 0.6) is 0 Å². The van der Waals surface area contributed by atoms with Gasteiger partial charge in [-0.3, -0.25) is 4.40 Å². The van der Waals surface area contributed by atoms with Gasteiger partial charge in [0.15, 0.2) is 0 Å². The molecular formula is C56H41N2OP. The quantitative estimate of drug-likeness (QED) is 0.124. The minimum atomic E-state index is -3.12. The highest BCUT2D eigenvalue weighted by Gasteiger charge is 2.51. The van der Waals surface area contributed by atoms with Crippen molar-refractivity contribution in [3.05, 3.63) is 246 Å². The van der Waals surface area contributed by atoms with E-state index in [1.807, 2.05) is 18.2 Å². The molecule has 0 radical (unpaired) electrons. The van der Waals surface area contributed by atoms with Gasteiger partial charge in [-0.15, -0.1) is 0 Å². The van der Waals surface area contributed by atoms with Crippen molar-refractivity contribution in [1.82, 2.24) is 9.38 Å². The number of benzene rings is 7. The molecule has 286 valence electrons. The number of aromatic nitrogens is 2. The molecule has 3 aliphatic carbocycles. The molecule has 0 saturated heterocycles. The lowest BCUT2D eigenvalue weighted by molar-refractivity contribution is 0.582. The van der Waals surface area contributed by atoms with Crippen LogP contribution in [0.3, 0.4) is 0 Å². The number of hydrogen-bond donors (Lipinski definition) is 0. The Bertz CT molecular complexity index is 3320. The molecule has 7 aromatic carbocycles. The second kappa shape index (κ2) is 13.6. The summed E-state index contributed by atoms with van der Waals surface area (Å²) in [4.78, 5) is 5.17. The maximum atomic E-state index is 16.0. The highest BCUT2D eigenvalue weighted by Crippen LogP contribution is 2.61. The van der Waals surface area contributed by atoms with E-state index in [9.17, 15) is 0 Å². The van der Waals surface area contributed by atoms with Crippen LogP contribution in [-0.2, 0) is 9.98 Å². The number of pyridine rings is 1. The van der Waals surface area contributed by atoms with Gasteiger partial charge in [0.25, 0.3) is 0 Å². The topological polar surface area (TPSA) is 34.4 Å². The van der Waals surface area contributed by atoms with Gasteiger partial charge in [0.2, 0.25) is 0 Å². The smallest absolute Gasteiger partial charge is 0.150 e. The molecule has 60 heavy (non-hydrogen) atoms. The lowest BCUT2D eigenvalue weighted by atomic mass is 9.65. The summed E-state index contributed by atoms with van der Waals surface area (Å²) in [6, 6.07) is 63.2. The molecule has 3 unspecified atom stereocenters. The average molecular weight is 789 g/mol. The predicted molar refractivity (Wildman–Crippen MR) is 250 cm³/mol. The normalized spacial score (nSPS) is 18.9. The fraction of sp³-hybridized carbons (Fsp3) is 0.0893. The zero-order chi connectivity index (χ0) is 39.8. The number of imidazole rings is 1. The summed E-state index contributed by atoms with van der Waals surface area (Å²) >= 11 is 0. The fourth-order valence-corrected chi connectivity index (χ4v) is 13.9. The van der Waals surface area contributed by atoms with Crippen molar-refractivity contribution in [3.8, 4) is 0 Å². The third-order valence-corrected chi connectivity index (χ3v) is 16.9. The van der Waals surface area contributed by atoms with E-state index in [-0.39, 0.29) is 11.6 Å². The largest absolute Gasteiger partial charge is 0.313 e. The zero-order valence-electron chi connectivity index (χ0n) is 33.0. The van der Waals surface area contributed by atoms with E-state index in [2.05, 4.69) is 199 Å². The highest BCUT2D eigenvalue weighted by atomic mass is 31.2. The molecule has 0 N–H and O–H groups in total. The van der Waals surface area contributed by atoms with Gasteiger partial charge in [-0.1, -0.05) is 176 Å². The molecule has 4 heteroatoms. The Morgan fingerprint density at radius 1 is 0.600 bits per heavy atom. The first kappa shape index (κ1) is 35.2. The van der Waals surface area contributed by atoms with Crippen LogP contribution in [0.4, 0.5) is 0 Å². The third kappa shape index (κ3) is 5.03. The maximum Gasteiger partial charge on any atom is 0.150 e. The summed E-state index contributed by atoms with van der Waals surface area (Å²) in [7, 11) is -3.12. The van der Waals surface area contributed by atoms with Crippen molar-refractivity contribution in [3.63, 3.8) is 0 Å². The molecule has 0 saturated carbocycles.